The van der Waals surface area contributed by atoms with E-state index >= 15 is 0 Å². The van der Waals surface area contributed by atoms with Crippen LogP contribution >= 0.6 is 11.6 Å². The second-order valence-corrected chi connectivity index (χ2v) is 7.38. The molecule has 4 rings (SSSR count). The molecule has 29 heavy (non-hydrogen) atoms. The Morgan fingerprint density at radius 3 is 2.45 bits per heavy atom. The van der Waals surface area contributed by atoms with Crippen molar-refractivity contribution in [3.05, 3.63) is 75.1 Å². The summed E-state index contributed by atoms with van der Waals surface area (Å²) in [6.07, 6.45) is 0.690. The van der Waals surface area contributed by atoms with E-state index in [0.717, 1.165) is 10.5 Å². The van der Waals surface area contributed by atoms with Gasteiger partial charge in [0.2, 0.25) is 0 Å². The fraction of sp³-hybridized carbons (Fsp3) is 0.227. The summed E-state index contributed by atoms with van der Waals surface area (Å²) in [6.45, 7) is 3.61. The van der Waals surface area contributed by atoms with E-state index in [1.165, 1.54) is 11.0 Å². The molecule has 1 fully saturated rings. The second-order valence-electron chi connectivity index (χ2n) is 6.97. The van der Waals surface area contributed by atoms with Gasteiger partial charge >= 0.3 is 11.7 Å². The molecule has 1 saturated heterocycles. The maximum Gasteiger partial charge on any atom is 0.336 e. The van der Waals surface area contributed by atoms with Gasteiger partial charge < -0.3 is 4.42 Å². The highest BCUT2D eigenvalue weighted by atomic mass is 35.5. The van der Waals surface area contributed by atoms with Gasteiger partial charge in [-0.2, -0.15) is 0 Å². The molecule has 0 saturated carbocycles. The molecule has 1 unspecified atom stereocenters. The lowest BCUT2D eigenvalue weighted by atomic mass is 10.1. The van der Waals surface area contributed by atoms with Gasteiger partial charge in [0.25, 0.3) is 5.91 Å². The van der Waals surface area contributed by atoms with Gasteiger partial charge in [0.05, 0.1) is 6.54 Å². The Morgan fingerprint density at radius 1 is 1.03 bits per heavy atom. The van der Waals surface area contributed by atoms with Crippen molar-refractivity contribution in [1.29, 1.82) is 0 Å². The monoisotopic (exact) mass is 410 g/mol. The molecule has 7 heteroatoms. The molecule has 2 heterocycles. The van der Waals surface area contributed by atoms with E-state index in [1.807, 2.05) is 25.1 Å². The van der Waals surface area contributed by atoms with E-state index in [2.05, 4.69) is 0 Å². The minimum Gasteiger partial charge on any atom is -0.423 e. The van der Waals surface area contributed by atoms with Crippen LogP contribution in [0.3, 0.4) is 0 Å². The summed E-state index contributed by atoms with van der Waals surface area (Å²) in [7, 11) is 0. The van der Waals surface area contributed by atoms with Crippen LogP contribution < -0.4 is 10.5 Å². The maximum absolute atomic E-state index is 13.0. The standard InChI is InChI=1S/C22H19ClN2O4/c1-3-14-9-19-17(11-18(14)23)15(10-20(26)29-19)12-24-21(27)13(2)25(22(24)28)16-7-5-4-6-8-16/h4-11,13H,3,12H2,1-2H3. The van der Waals surface area contributed by atoms with Gasteiger partial charge in [-0.3, -0.25) is 14.6 Å². The average molecular weight is 411 g/mol. The van der Waals surface area contributed by atoms with E-state index < -0.39 is 17.7 Å². The number of carbonyl (C=O) groups is 2. The molecular formula is C22H19ClN2O4. The number of fused-ring (bicyclic) bond motifs is 1. The van der Waals surface area contributed by atoms with Crippen molar-refractivity contribution in [2.75, 3.05) is 4.90 Å². The van der Waals surface area contributed by atoms with Crippen molar-refractivity contribution in [3.63, 3.8) is 0 Å². The first kappa shape index (κ1) is 19.2. The van der Waals surface area contributed by atoms with E-state index in [9.17, 15) is 14.4 Å². The summed E-state index contributed by atoms with van der Waals surface area (Å²) in [6, 6.07) is 12.7. The molecule has 0 spiro atoms. The van der Waals surface area contributed by atoms with Crippen molar-refractivity contribution in [2.24, 2.45) is 0 Å². The van der Waals surface area contributed by atoms with Crippen LogP contribution in [0.5, 0.6) is 0 Å². The quantitative estimate of drug-likeness (QED) is 0.473. The van der Waals surface area contributed by atoms with Crippen LogP contribution in [0.15, 0.2) is 57.7 Å². The van der Waals surface area contributed by atoms with Gasteiger partial charge in [0.15, 0.2) is 0 Å². The Hall–Kier alpha value is -3.12. The Kier molecular flexibility index (Phi) is 4.88. The Labute approximate surface area is 172 Å². The fourth-order valence-electron chi connectivity index (χ4n) is 3.65. The highest BCUT2D eigenvalue weighted by Gasteiger charge is 2.43. The molecule has 148 valence electrons. The number of benzene rings is 2. The number of halogens is 1. The molecule has 1 atom stereocenters. The number of imide groups is 1. The molecule has 1 aliphatic rings. The van der Waals surface area contributed by atoms with Crippen LogP contribution in [0.25, 0.3) is 11.0 Å². The number of hydrogen-bond acceptors (Lipinski definition) is 4. The second kappa shape index (κ2) is 7.37. The Morgan fingerprint density at radius 2 is 1.76 bits per heavy atom. The van der Waals surface area contributed by atoms with Crippen LogP contribution in [0.1, 0.15) is 25.0 Å². The molecule has 6 nitrogen and oxygen atoms in total. The molecule has 3 amide bonds. The number of anilines is 1. The number of rotatable bonds is 4. The summed E-state index contributed by atoms with van der Waals surface area (Å²) in [5.74, 6) is -0.323. The maximum atomic E-state index is 13.0. The normalized spacial score (nSPS) is 16.9. The number of urea groups is 1. The van der Waals surface area contributed by atoms with Crippen molar-refractivity contribution < 1.29 is 14.0 Å². The van der Waals surface area contributed by atoms with Gasteiger partial charge in [-0.25, -0.2) is 9.59 Å². The number of hydrogen-bond donors (Lipinski definition) is 0. The van der Waals surface area contributed by atoms with Crippen LogP contribution in [0, 0.1) is 0 Å². The van der Waals surface area contributed by atoms with Crippen molar-refractivity contribution in [3.8, 4) is 0 Å². The lowest BCUT2D eigenvalue weighted by Crippen LogP contribution is -2.33. The summed E-state index contributed by atoms with van der Waals surface area (Å²) in [5.41, 5.74) is 1.87. The predicted octanol–water partition coefficient (Wildman–Crippen LogP) is 4.37. The molecule has 0 bridgehead atoms. The van der Waals surface area contributed by atoms with E-state index in [1.54, 1.807) is 31.2 Å². The van der Waals surface area contributed by atoms with E-state index in [-0.39, 0.29) is 12.5 Å². The first-order valence-corrected chi connectivity index (χ1v) is 9.73. The third-order valence-electron chi connectivity index (χ3n) is 5.19. The molecule has 0 radical (unpaired) electrons. The Balaban J connectivity index is 1.75. The summed E-state index contributed by atoms with van der Waals surface area (Å²) >= 11 is 6.34. The third-order valence-corrected chi connectivity index (χ3v) is 5.54. The molecule has 1 aromatic heterocycles. The molecule has 0 aliphatic carbocycles. The third kappa shape index (κ3) is 3.29. The van der Waals surface area contributed by atoms with Crippen molar-refractivity contribution in [1.82, 2.24) is 4.90 Å². The van der Waals surface area contributed by atoms with Crippen LogP contribution in [0.2, 0.25) is 5.02 Å². The molecule has 0 N–H and O–H groups in total. The molecule has 1 aliphatic heterocycles. The highest BCUT2D eigenvalue weighted by molar-refractivity contribution is 6.32. The van der Waals surface area contributed by atoms with Crippen molar-refractivity contribution in [2.45, 2.75) is 32.9 Å². The van der Waals surface area contributed by atoms with Gasteiger partial charge in [-0.15, -0.1) is 0 Å². The average Bonchev–Trinajstić information content (AvgIpc) is 2.92. The fourth-order valence-corrected chi connectivity index (χ4v) is 3.95. The smallest absolute Gasteiger partial charge is 0.336 e. The first-order chi connectivity index (χ1) is 13.9. The van der Waals surface area contributed by atoms with E-state index in [4.69, 9.17) is 16.0 Å². The number of carbonyl (C=O) groups excluding carboxylic acids is 2. The topological polar surface area (TPSA) is 70.8 Å². The number of para-hydroxylation sites is 1. The lowest BCUT2D eigenvalue weighted by molar-refractivity contribution is -0.127. The Bertz CT molecular complexity index is 1170. The lowest BCUT2D eigenvalue weighted by Gasteiger charge is -2.19. The van der Waals surface area contributed by atoms with Gasteiger partial charge in [-0.05, 0) is 48.7 Å². The molecule has 2 aromatic carbocycles. The SMILES string of the molecule is CCc1cc2oc(=O)cc(CN3C(=O)C(C)N(c4ccccc4)C3=O)c2cc1Cl. The first-order valence-electron chi connectivity index (χ1n) is 9.35. The predicted molar refractivity (Wildman–Crippen MR) is 111 cm³/mol. The zero-order valence-corrected chi connectivity index (χ0v) is 16.8. The highest BCUT2D eigenvalue weighted by Crippen LogP contribution is 2.30. The van der Waals surface area contributed by atoms with Crippen LogP contribution in [-0.2, 0) is 17.8 Å². The minimum absolute atomic E-state index is 0.0325. The number of nitrogens with zero attached hydrogens (tertiary/aromatic N) is 2. The van der Waals surface area contributed by atoms with E-state index in [0.29, 0.717) is 33.7 Å². The van der Waals surface area contributed by atoms with Gasteiger partial charge in [0, 0.05) is 22.2 Å². The zero-order chi connectivity index (χ0) is 20.7. The largest absolute Gasteiger partial charge is 0.423 e. The number of aryl methyl sites for hydroxylation is 1. The van der Waals surface area contributed by atoms with Gasteiger partial charge in [0.1, 0.15) is 11.6 Å². The number of amides is 3. The molecule has 3 aromatic rings. The zero-order valence-electron chi connectivity index (χ0n) is 16.0. The minimum atomic E-state index is -0.633. The molecular weight excluding hydrogens is 392 g/mol. The van der Waals surface area contributed by atoms with Gasteiger partial charge in [-0.1, -0.05) is 36.7 Å². The summed E-state index contributed by atoms with van der Waals surface area (Å²) in [5, 5.41) is 1.16. The summed E-state index contributed by atoms with van der Waals surface area (Å²) in [4.78, 5) is 40.5. The summed E-state index contributed by atoms with van der Waals surface area (Å²) < 4.78 is 5.32. The van der Waals surface area contributed by atoms with Crippen molar-refractivity contribution >= 4 is 40.2 Å². The van der Waals surface area contributed by atoms with Crippen LogP contribution in [-0.4, -0.2) is 22.9 Å². The van der Waals surface area contributed by atoms with Crippen LogP contribution in [0.4, 0.5) is 10.5 Å².